The van der Waals surface area contributed by atoms with Crippen molar-refractivity contribution in [1.29, 1.82) is 0 Å². The molecule has 0 unspecified atom stereocenters. The van der Waals surface area contributed by atoms with Gasteiger partial charge in [0.2, 0.25) is 0 Å². The van der Waals surface area contributed by atoms with Crippen LogP contribution in [0.3, 0.4) is 0 Å². The lowest BCUT2D eigenvalue weighted by molar-refractivity contribution is -0.255. The number of carboxylic acid groups (broad SMARTS) is 1. The zero-order chi connectivity index (χ0) is 15.6. The molecule has 0 amide bonds. The number of aromatic carboxylic acids is 1. The van der Waals surface area contributed by atoms with Gasteiger partial charge in [-0.2, -0.15) is 0 Å². The Morgan fingerprint density at radius 3 is 2.57 bits per heavy atom. The molecule has 0 atom stereocenters. The molecule has 0 radical (unpaired) electrons. The van der Waals surface area contributed by atoms with Crippen LogP contribution in [0.5, 0.6) is 0 Å². The first-order valence-electron chi connectivity index (χ1n) is 5.90. The van der Waals surface area contributed by atoms with Gasteiger partial charge in [-0.1, -0.05) is 34.1 Å². The SMILES string of the molecule is Cc1ccc(Br)cc1S(=O)(=O)Nc1cccc(C(=O)[O-])c1. The number of halogens is 1. The molecule has 2 aromatic rings. The summed E-state index contributed by atoms with van der Waals surface area (Å²) in [6.45, 7) is 1.68. The number of sulfonamides is 1. The Morgan fingerprint density at radius 2 is 1.90 bits per heavy atom. The van der Waals surface area contributed by atoms with E-state index in [9.17, 15) is 18.3 Å². The predicted octanol–water partition coefficient (Wildman–Crippen LogP) is 1.92. The normalized spacial score (nSPS) is 11.1. The number of aryl methyl sites for hydroxylation is 1. The fraction of sp³-hybridized carbons (Fsp3) is 0.0714. The van der Waals surface area contributed by atoms with Crippen LogP contribution in [0.25, 0.3) is 0 Å². The Bertz CT molecular complexity index is 802. The quantitative estimate of drug-likeness (QED) is 0.892. The second kappa shape index (κ2) is 5.87. The van der Waals surface area contributed by atoms with Crippen LogP contribution in [0.4, 0.5) is 5.69 Å². The summed E-state index contributed by atoms with van der Waals surface area (Å²) in [5, 5.41) is 10.8. The van der Waals surface area contributed by atoms with E-state index in [0.717, 1.165) is 0 Å². The van der Waals surface area contributed by atoms with Crippen LogP contribution in [0, 0.1) is 6.92 Å². The summed E-state index contributed by atoms with van der Waals surface area (Å²) >= 11 is 3.23. The maximum atomic E-state index is 12.4. The van der Waals surface area contributed by atoms with E-state index in [4.69, 9.17) is 0 Å². The molecule has 2 rings (SSSR count). The molecule has 0 aliphatic heterocycles. The maximum absolute atomic E-state index is 12.4. The third-order valence-corrected chi connectivity index (χ3v) is 4.81. The number of anilines is 1. The number of hydrogen-bond donors (Lipinski definition) is 1. The first kappa shape index (κ1) is 15.5. The Balaban J connectivity index is 2.40. The van der Waals surface area contributed by atoms with Crippen molar-refractivity contribution in [2.45, 2.75) is 11.8 Å². The van der Waals surface area contributed by atoms with E-state index < -0.39 is 16.0 Å². The summed E-state index contributed by atoms with van der Waals surface area (Å²) in [5.74, 6) is -1.37. The molecule has 110 valence electrons. The second-order valence-electron chi connectivity index (χ2n) is 4.38. The van der Waals surface area contributed by atoms with Crippen molar-refractivity contribution in [3.05, 3.63) is 58.1 Å². The summed E-state index contributed by atoms with van der Waals surface area (Å²) in [5.41, 5.74) is 0.652. The molecule has 0 spiro atoms. The zero-order valence-corrected chi connectivity index (χ0v) is 13.4. The van der Waals surface area contributed by atoms with Crippen molar-refractivity contribution < 1.29 is 18.3 Å². The molecule has 0 saturated carbocycles. The Labute approximate surface area is 130 Å². The summed E-state index contributed by atoms with van der Waals surface area (Å²) in [6.07, 6.45) is 0. The fourth-order valence-corrected chi connectivity index (χ4v) is 3.62. The molecule has 0 saturated heterocycles. The minimum Gasteiger partial charge on any atom is -0.545 e. The molecular formula is C14H11BrNO4S-. The van der Waals surface area contributed by atoms with Gasteiger partial charge in [0.05, 0.1) is 10.9 Å². The molecule has 0 bridgehead atoms. The molecule has 1 N–H and O–H groups in total. The third-order valence-electron chi connectivity index (χ3n) is 2.79. The van der Waals surface area contributed by atoms with Crippen molar-refractivity contribution in [2.75, 3.05) is 4.72 Å². The molecule has 21 heavy (non-hydrogen) atoms. The smallest absolute Gasteiger partial charge is 0.262 e. The van der Waals surface area contributed by atoms with Crippen molar-refractivity contribution in [2.24, 2.45) is 0 Å². The third kappa shape index (κ3) is 3.62. The minimum atomic E-state index is -3.80. The lowest BCUT2D eigenvalue weighted by atomic mass is 10.2. The molecule has 0 heterocycles. The van der Waals surface area contributed by atoms with Gasteiger partial charge in [0.25, 0.3) is 10.0 Å². The van der Waals surface area contributed by atoms with Gasteiger partial charge >= 0.3 is 0 Å². The first-order valence-corrected chi connectivity index (χ1v) is 8.17. The molecule has 7 heteroatoms. The second-order valence-corrected chi connectivity index (χ2v) is 6.95. The van der Waals surface area contributed by atoms with E-state index in [2.05, 4.69) is 20.7 Å². The van der Waals surface area contributed by atoms with Crippen molar-refractivity contribution in [3.8, 4) is 0 Å². The number of carbonyl (C=O) groups is 1. The number of hydrogen-bond acceptors (Lipinski definition) is 4. The van der Waals surface area contributed by atoms with Crippen LogP contribution in [-0.2, 0) is 10.0 Å². The predicted molar refractivity (Wildman–Crippen MR) is 80.5 cm³/mol. The van der Waals surface area contributed by atoms with Crippen LogP contribution >= 0.6 is 15.9 Å². The molecule has 0 fully saturated rings. The summed E-state index contributed by atoms with van der Waals surface area (Å²) in [6, 6.07) is 10.4. The summed E-state index contributed by atoms with van der Waals surface area (Å²) in [4.78, 5) is 10.9. The Hall–Kier alpha value is -1.86. The van der Waals surface area contributed by atoms with Crippen LogP contribution in [-0.4, -0.2) is 14.4 Å². The number of nitrogens with one attached hydrogen (secondary N) is 1. The first-order chi connectivity index (χ1) is 9.79. The van der Waals surface area contributed by atoms with Gasteiger partial charge in [-0.3, -0.25) is 4.72 Å². The van der Waals surface area contributed by atoms with Gasteiger partial charge < -0.3 is 9.90 Å². The van der Waals surface area contributed by atoms with Gasteiger partial charge in [0.1, 0.15) is 0 Å². The number of carboxylic acids is 1. The van der Waals surface area contributed by atoms with Crippen molar-refractivity contribution in [3.63, 3.8) is 0 Å². The lowest BCUT2D eigenvalue weighted by Gasteiger charge is -2.12. The highest BCUT2D eigenvalue weighted by Crippen LogP contribution is 2.23. The average molecular weight is 369 g/mol. The van der Waals surface area contributed by atoms with Crippen molar-refractivity contribution in [1.82, 2.24) is 0 Å². The van der Waals surface area contributed by atoms with E-state index in [1.807, 2.05) is 0 Å². The number of rotatable bonds is 4. The highest BCUT2D eigenvalue weighted by atomic mass is 79.9. The van der Waals surface area contributed by atoms with Gasteiger partial charge in [-0.15, -0.1) is 0 Å². The molecule has 2 aromatic carbocycles. The van der Waals surface area contributed by atoms with Crippen LogP contribution in [0.1, 0.15) is 15.9 Å². The molecule has 0 aromatic heterocycles. The van der Waals surface area contributed by atoms with E-state index >= 15 is 0 Å². The topological polar surface area (TPSA) is 86.3 Å². The zero-order valence-electron chi connectivity index (χ0n) is 11.0. The van der Waals surface area contributed by atoms with E-state index in [-0.39, 0.29) is 16.1 Å². The highest BCUT2D eigenvalue weighted by molar-refractivity contribution is 9.10. The lowest BCUT2D eigenvalue weighted by Crippen LogP contribution is -2.22. The van der Waals surface area contributed by atoms with Crippen LogP contribution in [0.15, 0.2) is 51.8 Å². The largest absolute Gasteiger partial charge is 0.545 e. The summed E-state index contributed by atoms with van der Waals surface area (Å²) < 4.78 is 27.7. The highest BCUT2D eigenvalue weighted by Gasteiger charge is 2.17. The maximum Gasteiger partial charge on any atom is 0.262 e. The van der Waals surface area contributed by atoms with E-state index in [0.29, 0.717) is 10.0 Å². The van der Waals surface area contributed by atoms with Gasteiger partial charge in [0.15, 0.2) is 0 Å². The van der Waals surface area contributed by atoms with E-state index in [1.54, 1.807) is 19.1 Å². The number of benzene rings is 2. The minimum absolute atomic E-state index is 0.0961. The monoisotopic (exact) mass is 368 g/mol. The standard InChI is InChI=1S/C14H12BrNO4S/c1-9-5-6-11(15)8-13(9)21(19,20)16-12-4-2-3-10(7-12)14(17)18/h2-8,16H,1H3,(H,17,18)/p-1. The van der Waals surface area contributed by atoms with Crippen molar-refractivity contribution >= 4 is 37.6 Å². The van der Waals surface area contributed by atoms with Gasteiger partial charge in [0, 0.05) is 10.2 Å². The van der Waals surface area contributed by atoms with Crippen LogP contribution in [0.2, 0.25) is 0 Å². The van der Waals surface area contributed by atoms with Crippen LogP contribution < -0.4 is 9.83 Å². The van der Waals surface area contributed by atoms with Gasteiger partial charge in [-0.25, -0.2) is 8.42 Å². The molecule has 5 nitrogen and oxygen atoms in total. The van der Waals surface area contributed by atoms with E-state index in [1.165, 1.54) is 30.3 Å². The summed E-state index contributed by atoms with van der Waals surface area (Å²) in [7, 11) is -3.80. The van der Waals surface area contributed by atoms with Gasteiger partial charge in [-0.05, 0) is 42.3 Å². The fourth-order valence-electron chi connectivity index (χ4n) is 1.78. The molecule has 0 aliphatic carbocycles. The molecule has 0 aliphatic rings. The molecular weight excluding hydrogens is 358 g/mol. The average Bonchev–Trinajstić information content (AvgIpc) is 2.41. The Morgan fingerprint density at radius 1 is 1.19 bits per heavy atom. The number of carbonyl (C=O) groups excluding carboxylic acids is 1. The Kier molecular flexibility index (Phi) is 4.34.